The molecule has 1 aliphatic rings. The number of likely N-dealkylation sites (tertiary alicyclic amines) is 1. The summed E-state index contributed by atoms with van der Waals surface area (Å²) >= 11 is 0. The van der Waals surface area contributed by atoms with Gasteiger partial charge in [-0.1, -0.05) is 0 Å². The number of aryl methyl sites for hydroxylation is 1. The maximum atomic E-state index is 11.5. The number of nitrogens with zero attached hydrogens (tertiary/aromatic N) is 5. The van der Waals surface area contributed by atoms with Crippen LogP contribution in [0.25, 0.3) is 0 Å². The van der Waals surface area contributed by atoms with Crippen molar-refractivity contribution in [3.8, 4) is 0 Å². The van der Waals surface area contributed by atoms with E-state index in [0.29, 0.717) is 12.2 Å². The van der Waals surface area contributed by atoms with Crippen molar-refractivity contribution >= 4 is 23.4 Å². The number of amides is 1. The van der Waals surface area contributed by atoms with Crippen LogP contribution in [0.5, 0.6) is 0 Å². The van der Waals surface area contributed by atoms with Crippen molar-refractivity contribution in [1.29, 1.82) is 0 Å². The van der Waals surface area contributed by atoms with Crippen LogP contribution in [0.15, 0.2) is 24.7 Å². The third-order valence-electron chi connectivity index (χ3n) is 3.83. The van der Waals surface area contributed by atoms with Crippen LogP contribution in [0.3, 0.4) is 0 Å². The number of rotatable bonds is 7. The molecule has 0 unspecified atom stereocenters. The Morgan fingerprint density at radius 2 is 2.17 bits per heavy atom. The molecule has 0 aromatic carbocycles. The van der Waals surface area contributed by atoms with E-state index in [4.69, 9.17) is 0 Å². The largest absolute Gasteiger partial charge is 0.370 e. The van der Waals surface area contributed by atoms with Crippen molar-refractivity contribution in [1.82, 2.24) is 24.6 Å². The van der Waals surface area contributed by atoms with Gasteiger partial charge in [0.05, 0.1) is 6.20 Å². The number of carbonyl (C=O) groups excluding carboxylic acids is 1. The molecule has 0 aliphatic carbocycles. The SMILES string of the molecule is Cn1nccc1Nc1cc(NCCCN2CCCC2=O)ncn1. The summed E-state index contributed by atoms with van der Waals surface area (Å²) in [5, 5.41) is 10.6. The van der Waals surface area contributed by atoms with Gasteiger partial charge in [-0.3, -0.25) is 9.48 Å². The number of carbonyl (C=O) groups is 1. The Morgan fingerprint density at radius 1 is 1.30 bits per heavy atom. The minimum atomic E-state index is 0.273. The van der Waals surface area contributed by atoms with Crippen LogP contribution in [-0.4, -0.2) is 50.2 Å². The minimum absolute atomic E-state index is 0.273. The van der Waals surface area contributed by atoms with E-state index >= 15 is 0 Å². The summed E-state index contributed by atoms with van der Waals surface area (Å²) in [6, 6.07) is 3.73. The third-order valence-corrected chi connectivity index (χ3v) is 3.83. The molecule has 0 atom stereocenters. The Balaban J connectivity index is 1.47. The zero-order chi connectivity index (χ0) is 16.1. The minimum Gasteiger partial charge on any atom is -0.370 e. The third kappa shape index (κ3) is 3.97. The number of aromatic nitrogens is 4. The monoisotopic (exact) mass is 315 g/mol. The summed E-state index contributed by atoms with van der Waals surface area (Å²) in [7, 11) is 1.86. The van der Waals surface area contributed by atoms with Gasteiger partial charge in [-0.25, -0.2) is 9.97 Å². The van der Waals surface area contributed by atoms with Gasteiger partial charge in [-0.05, 0) is 12.8 Å². The van der Waals surface area contributed by atoms with E-state index in [9.17, 15) is 4.79 Å². The lowest BCUT2D eigenvalue weighted by Crippen LogP contribution is -2.27. The molecule has 23 heavy (non-hydrogen) atoms. The van der Waals surface area contributed by atoms with E-state index in [1.165, 1.54) is 6.33 Å². The zero-order valence-corrected chi connectivity index (χ0v) is 13.2. The highest BCUT2D eigenvalue weighted by Gasteiger charge is 2.18. The average Bonchev–Trinajstić information content (AvgIpc) is 3.13. The fraction of sp³-hybridized carbons (Fsp3) is 0.467. The van der Waals surface area contributed by atoms with Crippen molar-refractivity contribution in [2.75, 3.05) is 30.3 Å². The molecular weight excluding hydrogens is 294 g/mol. The molecule has 122 valence electrons. The van der Waals surface area contributed by atoms with E-state index in [1.54, 1.807) is 10.9 Å². The Kier molecular flexibility index (Phi) is 4.70. The molecule has 3 rings (SSSR count). The summed E-state index contributed by atoms with van der Waals surface area (Å²) in [4.78, 5) is 21.9. The van der Waals surface area contributed by atoms with Crippen molar-refractivity contribution in [2.45, 2.75) is 19.3 Å². The summed E-state index contributed by atoms with van der Waals surface area (Å²) in [5.74, 6) is 2.61. The van der Waals surface area contributed by atoms with Crippen molar-refractivity contribution in [3.05, 3.63) is 24.7 Å². The standard InChI is InChI=1S/C15H21N7O/c1-21-14(5-7-19-21)20-13-10-12(17-11-18-13)16-6-3-9-22-8-2-4-15(22)23/h5,7,10-11H,2-4,6,8-9H2,1H3,(H2,16,17,18,20). The van der Waals surface area contributed by atoms with Crippen molar-refractivity contribution in [2.24, 2.45) is 7.05 Å². The molecule has 3 heterocycles. The molecule has 2 N–H and O–H groups in total. The Labute approximate surface area is 134 Å². The van der Waals surface area contributed by atoms with Gasteiger partial charge in [0.2, 0.25) is 5.91 Å². The van der Waals surface area contributed by atoms with Crippen LogP contribution in [0.2, 0.25) is 0 Å². The first-order valence-corrected chi connectivity index (χ1v) is 7.81. The lowest BCUT2D eigenvalue weighted by molar-refractivity contribution is -0.127. The van der Waals surface area contributed by atoms with E-state index in [0.717, 1.165) is 44.1 Å². The molecule has 0 bridgehead atoms. The highest BCUT2D eigenvalue weighted by atomic mass is 16.2. The topological polar surface area (TPSA) is 88.0 Å². The van der Waals surface area contributed by atoms with E-state index in [1.807, 2.05) is 24.1 Å². The molecule has 1 aliphatic heterocycles. The Hall–Kier alpha value is -2.64. The van der Waals surface area contributed by atoms with Gasteiger partial charge in [0.25, 0.3) is 0 Å². The summed E-state index contributed by atoms with van der Waals surface area (Å²) in [5.41, 5.74) is 0. The molecule has 1 amide bonds. The van der Waals surface area contributed by atoms with Crippen LogP contribution >= 0.6 is 0 Å². The van der Waals surface area contributed by atoms with E-state index in [-0.39, 0.29) is 5.91 Å². The number of hydrogen-bond donors (Lipinski definition) is 2. The van der Waals surface area contributed by atoms with Crippen molar-refractivity contribution < 1.29 is 4.79 Å². The predicted molar refractivity (Wildman–Crippen MR) is 87.4 cm³/mol. The van der Waals surface area contributed by atoms with Crippen LogP contribution in [0, 0.1) is 0 Å². The molecular formula is C15H21N7O. The lowest BCUT2D eigenvalue weighted by Gasteiger charge is -2.15. The van der Waals surface area contributed by atoms with Gasteiger partial charge in [0, 0.05) is 45.2 Å². The maximum Gasteiger partial charge on any atom is 0.222 e. The van der Waals surface area contributed by atoms with Gasteiger partial charge in [-0.2, -0.15) is 5.10 Å². The number of nitrogens with one attached hydrogen (secondary N) is 2. The fourth-order valence-electron chi connectivity index (χ4n) is 2.58. The predicted octanol–water partition coefficient (Wildman–Crippen LogP) is 1.38. The van der Waals surface area contributed by atoms with Gasteiger partial charge in [0.15, 0.2) is 0 Å². The lowest BCUT2D eigenvalue weighted by atomic mass is 10.3. The smallest absolute Gasteiger partial charge is 0.222 e. The highest BCUT2D eigenvalue weighted by molar-refractivity contribution is 5.78. The second kappa shape index (κ2) is 7.08. The van der Waals surface area contributed by atoms with Crippen LogP contribution in [0.4, 0.5) is 17.5 Å². The molecule has 0 saturated carbocycles. The van der Waals surface area contributed by atoms with Gasteiger partial charge in [0.1, 0.15) is 23.8 Å². The quantitative estimate of drug-likeness (QED) is 0.751. The summed E-state index contributed by atoms with van der Waals surface area (Å²) < 4.78 is 1.74. The van der Waals surface area contributed by atoms with Crippen LogP contribution in [0.1, 0.15) is 19.3 Å². The van der Waals surface area contributed by atoms with Crippen LogP contribution < -0.4 is 10.6 Å². The van der Waals surface area contributed by atoms with E-state index < -0.39 is 0 Å². The molecule has 1 fully saturated rings. The molecule has 8 nitrogen and oxygen atoms in total. The normalized spacial score (nSPS) is 14.3. The van der Waals surface area contributed by atoms with Crippen LogP contribution in [-0.2, 0) is 11.8 Å². The average molecular weight is 315 g/mol. The van der Waals surface area contributed by atoms with Gasteiger partial charge >= 0.3 is 0 Å². The number of hydrogen-bond acceptors (Lipinski definition) is 6. The highest BCUT2D eigenvalue weighted by Crippen LogP contribution is 2.15. The molecule has 2 aromatic heterocycles. The Bertz CT molecular complexity index is 669. The molecule has 0 radical (unpaired) electrons. The first-order valence-electron chi connectivity index (χ1n) is 7.81. The summed E-state index contributed by atoms with van der Waals surface area (Å²) in [6.07, 6.45) is 5.83. The first kappa shape index (κ1) is 15.3. The summed E-state index contributed by atoms with van der Waals surface area (Å²) in [6.45, 7) is 2.47. The molecule has 1 saturated heterocycles. The molecule has 8 heteroatoms. The molecule has 0 spiro atoms. The van der Waals surface area contributed by atoms with Gasteiger partial charge in [-0.15, -0.1) is 0 Å². The van der Waals surface area contributed by atoms with Gasteiger partial charge < -0.3 is 15.5 Å². The second-order valence-electron chi connectivity index (χ2n) is 5.52. The Morgan fingerprint density at radius 3 is 2.91 bits per heavy atom. The first-order chi connectivity index (χ1) is 11.2. The number of anilines is 3. The zero-order valence-electron chi connectivity index (χ0n) is 13.2. The fourth-order valence-corrected chi connectivity index (χ4v) is 2.58. The van der Waals surface area contributed by atoms with E-state index in [2.05, 4.69) is 25.7 Å². The van der Waals surface area contributed by atoms with Crippen molar-refractivity contribution in [3.63, 3.8) is 0 Å². The second-order valence-corrected chi connectivity index (χ2v) is 5.52. The maximum absolute atomic E-state index is 11.5. The molecule has 2 aromatic rings.